The Morgan fingerprint density at radius 2 is 2.00 bits per heavy atom. The van der Waals surface area contributed by atoms with Crippen molar-refractivity contribution in [1.82, 2.24) is 14.9 Å². The average Bonchev–Trinajstić information content (AvgIpc) is 3.22. The molecule has 0 bridgehead atoms. The monoisotopic (exact) mass is 319 g/mol. The van der Waals surface area contributed by atoms with Gasteiger partial charge in [0.25, 0.3) is 5.91 Å². The van der Waals surface area contributed by atoms with Crippen molar-refractivity contribution in [1.29, 1.82) is 0 Å². The number of nitrogens with zero attached hydrogens (tertiary/aromatic N) is 2. The standard InChI is InChI=1S/C20H21N3O/c1-13-10-14(2)16-12-18(22-17(16)11-13)20(24)23-9-3-4-19(23)15-5-7-21-8-6-15/h5-8,10-12,19,22H,3-4,9H2,1-2H3. The van der Waals surface area contributed by atoms with Gasteiger partial charge in [-0.25, -0.2) is 0 Å². The van der Waals surface area contributed by atoms with Crippen molar-refractivity contribution in [3.63, 3.8) is 0 Å². The van der Waals surface area contributed by atoms with Crippen molar-refractivity contribution >= 4 is 16.8 Å². The van der Waals surface area contributed by atoms with Gasteiger partial charge < -0.3 is 9.88 Å². The molecule has 1 aliphatic rings. The Balaban J connectivity index is 1.69. The Bertz CT molecular complexity index is 898. The lowest BCUT2D eigenvalue weighted by Crippen LogP contribution is -2.30. The largest absolute Gasteiger partial charge is 0.351 e. The lowest BCUT2D eigenvalue weighted by Gasteiger charge is -2.24. The summed E-state index contributed by atoms with van der Waals surface area (Å²) in [5.41, 5.74) is 5.29. The maximum Gasteiger partial charge on any atom is 0.270 e. The topological polar surface area (TPSA) is 49.0 Å². The molecule has 1 fully saturated rings. The fourth-order valence-corrected chi connectivity index (χ4v) is 3.81. The van der Waals surface area contributed by atoms with Crippen LogP contribution in [0.25, 0.3) is 10.9 Å². The highest BCUT2D eigenvalue weighted by molar-refractivity contribution is 5.99. The molecule has 4 rings (SSSR count). The second-order valence-electron chi connectivity index (χ2n) is 6.66. The fraction of sp³-hybridized carbons (Fsp3) is 0.300. The number of nitrogens with one attached hydrogen (secondary N) is 1. The van der Waals surface area contributed by atoms with E-state index >= 15 is 0 Å². The van der Waals surface area contributed by atoms with Gasteiger partial charge in [-0.15, -0.1) is 0 Å². The third kappa shape index (κ3) is 2.48. The maximum atomic E-state index is 13.1. The quantitative estimate of drug-likeness (QED) is 0.771. The van der Waals surface area contributed by atoms with Crippen LogP contribution in [0.5, 0.6) is 0 Å². The predicted octanol–water partition coefficient (Wildman–Crippen LogP) is 4.16. The normalized spacial score (nSPS) is 17.6. The first-order valence-electron chi connectivity index (χ1n) is 8.44. The van der Waals surface area contributed by atoms with Crippen LogP contribution >= 0.6 is 0 Å². The molecule has 4 nitrogen and oxygen atoms in total. The molecule has 1 aliphatic heterocycles. The Labute approximate surface area is 141 Å². The summed E-state index contributed by atoms with van der Waals surface area (Å²) in [6.07, 6.45) is 5.64. The first-order valence-corrected chi connectivity index (χ1v) is 8.44. The van der Waals surface area contributed by atoms with Crippen LogP contribution in [0.1, 0.15) is 46.1 Å². The minimum absolute atomic E-state index is 0.0857. The molecular formula is C20H21N3O. The zero-order valence-corrected chi connectivity index (χ0v) is 14.0. The Hall–Kier alpha value is -2.62. The van der Waals surface area contributed by atoms with Crippen LogP contribution in [-0.2, 0) is 0 Å². The number of carbonyl (C=O) groups is 1. The van der Waals surface area contributed by atoms with Gasteiger partial charge in [0.05, 0.1) is 6.04 Å². The van der Waals surface area contributed by atoms with Crippen LogP contribution in [0.2, 0.25) is 0 Å². The number of H-pyrrole nitrogens is 1. The summed E-state index contributed by atoms with van der Waals surface area (Å²) in [6.45, 7) is 4.97. The van der Waals surface area contributed by atoms with Gasteiger partial charge >= 0.3 is 0 Å². The van der Waals surface area contributed by atoms with E-state index < -0.39 is 0 Å². The summed E-state index contributed by atoms with van der Waals surface area (Å²) in [5.74, 6) is 0.0857. The summed E-state index contributed by atoms with van der Waals surface area (Å²) in [6, 6.07) is 10.4. The number of pyridine rings is 1. The molecule has 1 N–H and O–H groups in total. The highest BCUT2D eigenvalue weighted by Crippen LogP contribution is 2.33. The lowest BCUT2D eigenvalue weighted by molar-refractivity contribution is 0.0730. The van der Waals surface area contributed by atoms with Crippen molar-refractivity contribution in [3.05, 3.63) is 65.1 Å². The predicted molar refractivity (Wildman–Crippen MR) is 95.0 cm³/mol. The van der Waals surface area contributed by atoms with E-state index in [0.29, 0.717) is 5.69 Å². The minimum Gasteiger partial charge on any atom is -0.351 e. The zero-order chi connectivity index (χ0) is 16.7. The van der Waals surface area contributed by atoms with Crippen molar-refractivity contribution in [2.24, 2.45) is 0 Å². The van der Waals surface area contributed by atoms with E-state index in [2.05, 4.69) is 35.9 Å². The first-order chi connectivity index (χ1) is 11.6. The van der Waals surface area contributed by atoms with E-state index in [1.165, 1.54) is 16.7 Å². The van der Waals surface area contributed by atoms with Gasteiger partial charge in [0.2, 0.25) is 0 Å². The van der Waals surface area contributed by atoms with Crippen molar-refractivity contribution < 1.29 is 4.79 Å². The SMILES string of the molecule is Cc1cc(C)c2cc(C(=O)N3CCCC3c3ccncc3)[nH]c2c1. The van der Waals surface area contributed by atoms with E-state index in [4.69, 9.17) is 0 Å². The molecular weight excluding hydrogens is 298 g/mol. The zero-order valence-electron chi connectivity index (χ0n) is 14.0. The number of aryl methyl sites for hydroxylation is 2. The minimum atomic E-state index is 0.0857. The number of hydrogen-bond acceptors (Lipinski definition) is 2. The third-order valence-electron chi connectivity index (χ3n) is 4.92. The molecule has 0 spiro atoms. The van der Waals surface area contributed by atoms with Gasteiger partial charge in [0.15, 0.2) is 0 Å². The van der Waals surface area contributed by atoms with Gasteiger partial charge in [-0.1, -0.05) is 6.07 Å². The van der Waals surface area contributed by atoms with Crippen molar-refractivity contribution in [2.75, 3.05) is 6.54 Å². The Morgan fingerprint density at radius 3 is 2.79 bits per heavy atom. The molecule has 0 radical (unpaired) electrons. The molecule has 2 aromatic heterocycles. The number of amides is 1. The number of carbonyl (C=O) groups excluding carboxylic acids is 1. The number of benzene rings is 1. The van der Waals surface area contributed by atoms with Gasteiger partial charge in [-0.05, 0) is 67.6 Å². The summed E-state index contributed by atoms with van der Waals surface area (Å²) < 4.78 is 0. The Morgan fingerprint density at radius 1 is 1.21 bits per heavy atom. The summed E-state index contributed by atoms with van der Waals surface area (Å²) >= 11 is 0. The smallest absolute Gasteiger partial charge is 0.270 e. The third-order valence-corrected chi connectivity index (χ3v) is 4.92. The van der Waals surface area contributed by atoms with Gasteiger partial charge in [0.1, 0.15) is 5.69 Å². The summed E-state index contributed by atoms with van der Waals surface area (Å²) in [4.78, 5) is 22.5. The molecule has 0 saturated carbocycles. The van der Waals surface area contributed by atoms with E-state index in [9.17, 15) is 4.79 Å². The molecule has 122 valence electrons. The molecule has 1 aromatic carbocycles. The molecule has 3 aromatic rings. The van der Waals surface area contributed by atoms with E-state index in [1.807, 2.05) is 23.1 Å². The number of aromatic nitrogens is 2. The highest BCUT2D eigenvalue weighted by Gasteiger charge is 2.31. The molecule has 1 unspecified atom stereocenters. The molecule has 24 heavy (non-hydrogen) atoms. The molecule has 1 saturated heterocycles. The molecule has 3 heterocycles. The Kier molecular flexibility index (Phi) is 3.60. The van der Waals surface area contributed by atoms with Crippen LogP contribution < -0.4 is 0 Å². The maximum absolute atomic E-state index is 13.1. The number of rotatable bonds is 2. The van der Waals surface area contributed by atoms with Gasteiger partial charge in [0, 0.05) is 29.8 Å². The number of fused-ring (bicyclic) bond motifs is 1. The molecule has 0 aliphatic carbocycles. The summed E-state index contributed by atoms with van der Waals surface area (Å²) in [5, 5.41) is 1.13. The van der Waals surface area contributed by atoms with E-state index in [1.54, 1.807) is 12.4 Å². The van der Waals surface area contributed by atoms with Crippen LogP contribution in [0.15, 0.2) is 42.7 Å². The fourth-order valence-electron chi connectivity index (χ4n) is 3.81. The second kappa shape index (κ2) is 5.78. The molecule has 4 heteroatoms. The van der Waals surface area contributed by atoms with Gasteiger partial charge in [-0.2, -0.15) is 0 Å². The van der Waals surface area contributed by atoms with Crippen LogP contribution in [0.3, 0.4) is 0 Å². The average molecular weight is 319 g/mol. The van der Waals surface area contributed by atoms with Crippen LogP contribution in [0, 0.1) is 13.8 Å². The number of aromatic amines is 1. The number of likely N-dealkylation sites (tertiary alicyclic amines) is 1. The van der Waals surface area contributed by atoms with Gasteiger partial charge in [-0.3, -0.25) is 9.78 Å². The molecule has 1 atom stereocenters. The molecule has 1 amide bonds. The lowest BCUT2D eigenvalue weighted by atomic mass is 10.1. The van der Waals surface area contributed by atoms with E-state index in [-0.39, 0.29) is 11.9 Å². The van der Waals surface area contributed by atoms with E-state index in [0.717, 1.165) is 30.3 Å². The van der Waals surface area contributed by atoms with Crippen molar-refractivity contribution in [3.8, 4) is 0 Å². The number of hydrogen-bond donors (Lipinski definition) is 1. The summed E-state index contributed by atoms with van der Waals surface area (Å²) in [7, 11) is 0. The van der Waals surface area contributed by atoms with Crippen LogP contribution in [-0.4, -0.2) is 27.3 Å². The highest BCUT2D eigenvalue weighted by atomic mass is 16.2. The second-order valence-corrected chi connectivity index (χ2v) is 6.66. The first kappa shape index (κ1) is 14.9. The van der Waals surface area contributed by atoms with Crippen LogP contribution in [0.4, 0.5) is 0 Å². The van der Waals surface area contributed by atoms with Crippen molar-refractivity contribution in [2.45, 2.75) is 32.7 Å².